The van der Waals surface area contributed by atoms with Crippen molar-refractivity contribution in [2.75, 3.05) is 0 Å². The Bertz CT molecular complexity index is 751. The van der Waals surface area contributed by atoms with Gasteiger partial charge in [-0.3, -0.25) is 5.43 Å². The van der Waals surface area contributed by atoms with Crippen LogP contribution >= 0.6 is 0 Å². The van der Waals surface area contributed by atoms with Crippen LogP contribution in [0.25, 0.3) is 0 Å². The molecule has 0 amide bonds. The molecule has 5 heteroatoms. The quantitative estimate of drug-likeness (QED) is 0.913. The van der Waals surface area contributed by atoms with Crippen LogP contribution in [0.5, 0.6) is 0 Å². The fraction of sp³-hybridized carbons (Fsp3) is 0.176. The molecule has 0 saturated carbocycles. The predicted octanol–water partition coefficient (Wildman–Crippen LogP) is 2.98. The average Bonchev–Trinajstić information content (AvgIpc) is 3.00. The van der Waals surface area contributed by atoms with E-state index in [0.29, 0.717) is 5.90 Å². The van der Waals surface area contributed by atoms with Crippen LogP contribution in [0.4, 0.5) is 0 Å². The second-order valence-electron chi connectivity index (χ2n) is 5.27. The van der Waals surface area contributed by atoms with Crippen LogP contribution < -0.4 is 5.43 Å². The summed E-state index contributed by atoms with van der Waals surface area (Å²) in [6.45, 7) is 4.12. The van der Waals surface area contributed by atoms with Crippen LogP contribution in [0.1, 0.15) is 38.8 Å². The van der Waals surface area contributed by atoms with Gasteiger partial charge in [-0.2, -0.15) is 0 Å². The number of hydrogen-bond acceptors (Lipinski definition) is 4. The van der Waals surface area contributed by atoms with Gasteiger partial charge in [0.1, 0.15) is 0 Å². The van der Waals surface area contributed by atoms with E-state index < -0.39 is 5.97 Å². The SMILES string of the molecule is Cc1ccc(C2NN=C(c3ccc(C(=O)O)cc3)O2)cc1C. The zero-order valence-corrected chi connectivity index (χ0v) is 12.3. The van der Waals surface area contributed by atoms with Crippen LogP contribution in [0.15, 0.2) is 47.6 Å². The third-order valence-corrected chi connectivity index (χ3v) is 3.73. The summed E-state index contributed by atoms with van der Waals surface area (Å²) in [5.41, 5.74) is 7.36. The Morgan fingerprint density at radius 1 is 1.14 bits per heavy atom. The first-order valence-corrected chi connectivity index (χ1v) is 6.95. The van der Waals surface area contributed by atoms with E-state index in [0.717, 1.165) is 11.1 Å². The highest BCUT2D eigenvalue weighted by Crippen LogP contribution is 2.23. The average molecular weight is 296 g/mol. The summed E-state index contributed by atoms with van der Waals surface area (Å²) in [5.74, 6) is -0.493. The van der Waals surface area contributed by atoms with Crippen LogP contribution in [0.2, 0.25) is 0 Å². The molecule has 0 aliphatic carbocycles. The third-order valence-electron chi connectivity index (χ3n) is 3.73. The fourth-order valence-corrected chi connectivity index (χ4v) is 2.24. The molecule has 1 aliphatic rings. The summed E-state index contributed by atoms with van der Waals surface area (Å²) in [7, 11) is 0. The van der Waals surface area contributed by atoms with Gasteiger partial charge in [0.15, 0.2) is 0 Å². The number of aromatic carboxylic acids is 1. The highest BCUT2D eigenvalue weighted by molar-refractivity contribution is 5.96. The highest BCUT2D eigenvalue weighted by Gasteiger charge is 2.22. The van der Waals surface area contributed by atoms with Crippen molar-refractivity contribution in [2.45, 2.75) is 20.1 Å². The van der Waals surface area contributed by atoms with Gasteiger partial charge in [-0.1, -0.05) is 18.2 Å². The Hall–Kier alpha value is -2.82. The summed E-state index contributed by atoms with van der Waals surface area (Å²) < 4.78 is 5.82. The Morgan fingerprint density at radius 3 is 2.50 bits per heavy atom. The third kappa shape index (κ3) is 2.65. The first kappa shape index (κ1) is 14.1. The number of carboxylic acid groups (broad SMARTS) is 1. The summed E-state index contributed by atoms with van der Waals surface area (Å²) in [4.78, 5) is 10.9. The number of nitrogens with one attached hydrogen (secondary N) is 1. The first-order chi connectivity index (χ1) is 10.5. The Labute approximate surface area is 128 Å². The van der Waals surface area contributed by atoms with Crippen molar-refractivity contribution < 1.29 is 14.6 Å². The van der Waals surface area contributed by atoms with Crippen LogP contribution in [-0.4, -0.2) is 17.0 Å². The van der Waals surface area contributed by atoms with E-state index in [1.807, 2.05) is 6.07 Å². The van der Waals surface area contributed by atoms with Gasteiger partial charge in [0.05, 0.1) is 5.56 Å². The number of carboxylic acids is 1. The Morgan fingerprint density at radius 2 is 1.86 bits per heavy atom. The lowest BCUT2D eigenvalue weighted by atomic mass is 10.1. The lowest BCUT2D eigenvalue weighted by Gasteiger charge is -2.13. The molecule has 112 valence electrons. The molecule has 1 atom stereocenters. The predicted molar refractivity (Wildman–Crippen MR) is 82.8 cm³/mol. The summed E-state index contributed by atoms with van der Waals surface area (Å²) in [5, 5.41) is 13.1. The van der Waals surface area contributed by atoms with Crippen molar-refractivity contribution in [1.29, 1.82) is 0 Å². The fourth-order valence-electron chi connectivity index (χ4n) is 2.24. The molecule has 2 aromatic carbocycles. The molecular formula is C17H16N2O3. The standard InChI is InChI=1S/C17H16N2O3/c1-10-3-4-14(9-11(10)2)16-19-18-15(22-16)12-5-7-13(8-6-12)17(20)21/h3-9,16,19H,1-2H3,(H,20,21). The minimum Gasteiger partial charge on any atom is -0.478 e. The van der Waals surface area contributed by atoms with Crippen LogP contribution in [-0.2, 0) is 4.74 Å². The number of aryl methyl sites for hydroxylation is 2. The normalized spacial score (nSPS) is 16.6. The molecule has 0 spiro atoms. The largest absolute Gasteiger partial charge is 0.478 e. The maximum Gasteiger partial charge on any atom is 0.335 e. The maximum atomic E-state index is 10.9. The molecule has 0 fully saturated rings. The van der Waals surface area contributed by atoms with Crippen LogP contribution in [0.3, 0.4) is 0 Å². The van der Waals surface area contributed by atoms with Crippen LogP contribution in [0, 0.1) is 13.8 Å². The van der Waals surface area contributed by atoms with Crippen molar-refractivity contribution in [1.82, 2.24) is 5.43 Å². The maximum absolute atomic E-state index is 10.9. The molecule has 1 heterocycles. The number of carbonyl (C=O) groups is 1. The van der Waals surface area contributed by atoms with E-state index in [1.54, 1.807) is 12.1 Å². The number of nitrogens with zero attached hydrogens (tertiary/aromatic N) is 1. The summed E-state index contributed by atoms with van der Waals surface area (Å²) >= 11 is 0. The van der Waals surface area contributed by atoms with E-state index >= 15 is 0 Å². The molecule has 0 bridgehead atoms. The summed E-state index contributed by atoms with van der Waals surface area (Å²) in [6, 6.07) is 12.6. The summed E-state index contributed by atoms with van der Waals surface area (Å²) in [6.07, 6.45) is -0.326. The number of ether oxygens (including phenoxy) is 1. The molecule has 0 aromatic heterocycles. The Balaban J connectivity index is 1.76. The zero-order chi connectivity index (χ0) is 15.7. The molecule has 2 N–H and O–H groups in total. The molecule has 22 heavy (non-hydrogen) atoms. The minimum atomic E-state index is -0.952. The van der Waals surface area contributed by atoms with E-state index in [-0.39, 0.29) is 11.8 Å². The van der Waals surface area contributed by atoms with Crippen molar-refractivity contribution in [2.24, 2.45) is 5.10 Å². The minimum absolute atomic E-state index is 0.237. The van der Waals surface area contributed by atoms with Crippen molar-refractivity contribution >= 4 is 11.9 Å². The lowest BCUT2D eigenvalue weighted by molar-refractivity contribution is 0.0697. The topological polar surface area (TPSA) is 70.9 Å². The van der Waals surface area contributed by atoms with Gasteiger partial charge < -0.3 is 9.84 Å². The van der Waals surface area contributed by atoms with E-state index in [4.69, 9.17) is 9.84 Å². The smallest absolute Gasteiger partial charge is 0.335 e. The number of hydrogen-bond donors (Lipinski definition) is 2. The molecule has 0 radical (unpaired) electrons. The molecular weight excluding hydrogens is 280 g/mol. The van der Waals surface area contributed by atoms with Gasteiger partial charge in [0, 0.05) is 11.1 Å². The number of rotatable bonds is 3. The molecule has 2 aromatic rings. The zero-order valence-electron chi connectivity index (χ0n) is 12.3. The van der Waals surface area contributed by atoms with Gasteiger partial charge in [-0.25, -0.2) is 4.79 Å². The van der Waals surface area contributed by atoms with Crippen molar-refractivity contribution in [3.63, 3.8) is 0 Å². The number of hydrazone groups is 1. The monoisotopic (exact) mass is 296 g/mol. The number of benzene rings is 2. The molecule has 1 aliphatic heterocycles. The van der Waals surface area contributed by atoms with Gasteiger partial charge in [0.25, 0.3) is 0 Å². The van der Waals surface area contributed by atoms with E-state index in [9.17, 15) is 4.79 Å². The van der Waals surface area contributed by atoms with Crippen molar-refractivity contribution in [3.05, 3.63) is 70.3 Å². The van der Waals surface area contributed by atoms with Crippen molar-refractivity contribution in [3.8, 4) is 0 Å². The molecule has 1 unspecified atom stereocenters. The van der Waals surface area contributed by atoms with Gasteiger partial charge in [-0.15, -0.1) is 5.10 Å². The molecule has 5 nitrogen and oxygen atoms in total. The Kier molecular flexibility index (Phi) is 3.55. The van der Waals surface area contributed by atoms with E-state index in [1.165, 1.54) is 23.3 Å². The first-order valence-electron chi connectivity index (χ1n) is 6.95. The molecule has 3 rings (SSSR count). The molecule has 0 saturated heterocycles. The van der Waals surface area contributed by atoms with Gasteiger partial charge >= 0.3 is 5.97 Å². The second-order valence-corrected chi connectivity index (χ2v) is 5.27. The van der Waals surface area contributed by atoms with E-state index in [2.05, 4.69) is 36.5 Å². The lowest BCUT2D eigenvalue weighted by Crippen LogP contribution is -2.13. The highest BCUT2D eigenvalue weighted by atomic mass is 16.5. The second kappa shape index (κ2) is 5.52. The van der Waals surface area contributed by atoms with Gasteiger partial charge in [-0.05, 0) is 49.2 Å². The van der Waals surface area contributed by atoms with Gasteiger partial charge in [0.2, 0.25) is 12.1 Å².